The Morgan fingerprint density at radius 2 is 1.62 bits per heavy atom. The molecule has 0 aliphatic carbocycles. The first-order valence-corrected chi connectivity index (χ1v) is 9.46. The van der Waals surface area contributed by atoms with Crippen LogP contribution in [0.5, 0.6) is 0 Å². The van der Waals surface area contributed by atoms with Gasteiger partial charge in [0.1, 0.15) is 0 Å². The van der Waals surface area contributed by atoms with Gasteiger partial charge in [-0.2, -0.15) is 0 Å². The highest BCUT2D eigenvalue weighted by Crippen LogP contribution is 2.39. The van der Waals surface area contributed by atoms with Gasteiger partial charge < -0.3 is 5.32 Å². The molecule has 0 bridgehead atoms. The predicted octanol–water partition coefficient (Wildman–Crippen LogP) is 6.29. The Morgan fingerprint density at radius 1 is 0.917 bits per heavy atom. The van der Waals surface area contributed by atoms with Crippen molar-refractivity contribution in [2.75, 3.05) is 5.32 Å². The zero-order valence-corrected chi connectivity index (χ0v) is 15.4. The van der Waals surface area contributed by atoms with Crippen LogP contribution in [0, 0.1) is 20.8 Å². The molecule has 0 fully saturated rings. The maximum atomic E-state index is 12.7. The molecule has 4 aromatic rings. The van der Waals surface area contributed by atoms with Gasteiger partial charge in [-0.1, -0.05) is 35.9 Å². The van der Waals surface area contributed by atoms with E-state index in [1.165, 1.54) is 25.0 Å². The van der Waals surface area contributed by atoms with Crippen molar-refractivity contribution in [3.8, 4) is 0 Å². The molecule has 120 valence electrons. The number of amides is 1. The molecule has 0 atom stereocenters. The molecule has 0 saturated carbocycles. The summed E-state index contributed by atoms with van der Waals surface area (Å²) in [4.78, 5) is 13.5. The number of hydrogen-bond acceptors (Lipinski definition) is 3. The van der Waals surface area contributed by atoms with Crippen LogP contribution in [-0.4, -0.2) is 5.91 Å². The molecule has 0 aliphatic rings. The van der Waals surface area contributed by atoms with E-state index in [0.29, 0.717) is 0 Å². The Kier molecular flexibility index (Phi) is 3.66. The van der Waals surface area contributed by atoms with Crippen LogP contribution in [0.2, 0.25) is 0 Å². The van der Waals surface area contributed by atoms with Crippen LogP contribution in [0.25, 0.3) is 19.5 Å². The fourth-order valence-electron chi connectivity index (χ4n) is 3.16. The van der Waals surface area contributed by atoms with Gasteiger partial charge in [0.15, 0.2) is 0 Å². The van der Waals surface area contributed by atoms with E-state index in [0.717, 1.165) is 21.7 Å². The van der Waals surface area contributed by atoms with Crippen molar-refractivity contribution < 1.29 is 4.79 Å². The summed E-state index contributed by atoms with van der Waals surface area (Å²) in [6, 6.07) is 14.6. The van der Waals surface area contributed by atoms with E-state index in [1.54, 1.807) is 22.7 Å². The highest BCUT2D eigenvalue weighted by Gasteiger charge is 2.16. The first-order valence-electron chi connectivity index (χ1n) is 7.83. The summed E-state index contributed by atoms with van der Waals surface area (Å²) in [7, 11) is 0. The van der Waals surface area contributed by atoms with Crippen LogP contribution in [0.4, 0.5) is 5.69 Å². The van der Waals surface area contributed by atoms with Crippen molar-refractivity contribution in [1.29, 1.82) is 0 Å². The molecule has 0 saturated heterocycles. The van der Waals surface area contributed by atoms with Crippen molar-refractivity contribution in [1.82, 2.24) is 0 Å². The second-order valence-electron chi connectivity index (χ2n) is 6.13. The number of carbonyl (C=O) groups is 1. The topological polar surface area (TPSA) is 29.1 Å². The zero-order chi connectivity index (χ0) is 16.8. The Hall–Kier alpha value is -2.17. The molecule has 2 nitrogen and oxygen atoms in total. The molecular weight excluding hydrogens is 334 g/mol. The highest BCUT2D eigenvalue weighted by molar-refractivity contribution is 7.33. The van der Waals surface area contributed by atoms with Gasteiger partial charge in [-0.15, -0.1) is 22.7 Å². The van der Waals surface area contributed by atoms with E-state index >= 15 is 0 Å². The number of anilines is 1. The lowest BCUT2D eigenvalue weighted by molar-refractivity contribution is 0.103. The van der Waals surface area contributed by atoms with E-state index in [1.807, 2.05) is 26.0 Å². The Morgan fingerprint density at radius 3 is 2.38 bits per heavy atom. The molecular formula is C20H17NOS2. The third-order valence-electron chi connectivity index (χ3n) is 4.19. The standard InChI is InChI=1S/C20H17NOS2/c1-11-8-12(2)18(13(3)9-11)21-20(22)17-10-16-19(24-17)14-6-4-5-7-15(14)23-16/h4-10H,1-3H3,(H,21,22). The second kappa shape index (κ2) is 5.72. The maximum absolute atomic E-state index is 12.7. The van der Waals surface area contributed by atoms with Gasteiger partial charge in [-0.05, 0) is 44.0 Å². The van der Waals surface area contributed by atoms with Crippen LogP contribution in [0.15, 0.2) is 42.5 Å². The third-order valence-corrected chi connectivity index (χ3v) is 6.60. The minimum Gasteiger partial charge on any atom is -0.321 e. The minimum absolute atomic E-state index is 0.0254. The lowest BCUT2D eigenvalue weighted by Crippen LogP contribution is -2.12. The van der Waals surface area contributed by atoms with Gasteiger partial charge in [0.05, 0.1) is 9.58 Å². The summed E-state index contributed by atoms with van der Waals surface area (Å²) in [6.45, 7) is 6.15. The van der Waals surface area contributed by atoms with Crippen molar-refractivity contribution >= 4 is 53.8 Å². The molecule has 4 rings (SSSR count). The molecule has 0 spiro atoms. The van der Waals surface area contributed by atoms with E-state index in [2.05, 4.69) is 42.6 Å². The number of carbonyl (C=O) groups excluding carboxylic acids is 1. The molecule has 0 aliphatic heterocycles. The summed E-state index contributed by atoms with van der Waals surface area (Å²) in [6.07, 6.45) is 0. The van der Waals surface area contributed by atoms with Gasteiger partial charge in [-0.3, -0.25) is 4.79 Å². The Labute approximate surface area is 148 Å². The van der Waals surface area contributed by atoms with Crippen LogP contribution in [0.3, 0.4) is 0 Å². The van der Waals surface area contributed by atoms with Crippen molar-refractivity contribution in [2.24, 2.45) is 0 Å². The molecule has 2 heterocycles. The van der Waals surface area contributed by atoms with Crippen molar-refractivity contribution in [2.45, 2.75) is 20.8 Å². The van der Waals surface area contributed by atoms with Gasteiger partial charge in [0.25, 0.3) is 5.91 Å². The van der Waals surface area contributed by atoms with Gasteiger partial charge in [-0.25, -0.2) is 0 Å². The van der Waals surface area contributed by atoms with Crippen LogP contribution in [-0.2, 0) is 0 Å². The number of thiophene rings is 2. The normalized spacial score (nSPS) is 11.3. The number of nitrogens with one attached hydrogen (secondary N) is 1. The molecule has 2 aromatic carbocycles. The number of fused-ring (bicyclic) bond motifs is 3. The molecule has 4 heteroatoms. The number of aryl methyl sites for hydroxylation is 3. The van der Waals surface area contributed by atoms with E-state index < -0.39 is 0 Å². The quantitative estimate of drug-likeness (QED) is 0.451. The lowest BCUT2D eigenvalue weighted by atomic mass is 10.1. The summed E-state index contributed by atoms with van der Waals surface area (Å²) in [5.41, 5.74) is 4.34. The van der Waals surface area contributed by atoms with Gasteiger partial charge >= 0.3 is 0 Å². The molecule has 0 radical (unpaired) electrons. The SMILES string of the molecule is Cc1cc(C)c(NC(=O)c2cc3sc4ccccc4c3s2)c(C)c1. The molecule has 24 heavy (non-hydrogen) atoms. The Balaban J connectivity index is 1.71. The van der Waals surface area contributed by atoms with Gasteiger partial charge in [0, 0.05) is 20.5 Å². The fourth-order valence-corrected chi connectivity index (χ4v) is 5.58. The average Bonchev–Trinajstić information content (AvgIpc) is 3.08. The number of rotatable bonds is 2. The van der Waals surface area contributed by atoms with Crippen LogP contribution < -0.4 is 5.32 Å². The monoisotopic (exact) mass is 351 g/mol. The molecule has 1 N–H and O–H groups in total. The fraction of sp³-hybridized carbons (Fsp3) is 0.150. The number of hydrogen-bond donors (Lipinski definition) is 1. The summed E-state index contributed by atoms with van der Waals surface area (Å²) in [5, 5.41) is 4.34. The van der Waals surface area contributed by atoms with Gasteiger partial charge in [0.2, 0.25) is 0 Å². The summed E-state index contributed by atoms with van der Waals surface area (Å²) >= 11 is 3.32. The molecule has 2 aromatic heterocycles. The van der Waals surface area contributed by atoms with E-state index in [9.17, 15) is 4.79 Å². The largest absolute Gasteiger partial charge is 0.321 e. The first kappa shape index (κ1) is 15.4. The summed E-state index contributed by atoms with van der Waals surface area (Å²) < 4.78 is 3.66. The average molecular weight is 351 g/mol. The lowest BCUT2D eigenvalue weighted by Gasteiger charge is -2.12. The second-order valence-corrected chi connectivity index (χ2v) is 8.27. The smallest absolute Gasteiger partial charge is 0.265 e. The predicted molar refractivity (Wildman–Crippen MR) is 106 cm³/mol. The molecule has 1 amide bonds. The third kappa shape index (κ3) is 2.52. The van der Waals surface area contributed by atoms with E-state index in [-0.39, 0.29) is 5.91 Å². The maximum Gasteiger partial charge on any atom is 0.265 e. The summed E-state index contributed by atoms with van der Waals surface area (Å²) in [5.74, 6) is -0.0254. The minimum atomic E-state index is -0.0254. The molecule has 0 unspecified atom stereocenters. The first-order chi connectivity index (χ1) is 11.5. The highest BCUT2D eigenvalue weighted by atomic mass is 32.1. The zero-order valence-electron chi connectivity index (χ0n) is 13.8. The van der Waals surface area contributed by atoms with Crippen LogP contribution in [0.1, 0.15) is 26.4 Å². The van der Waals surface area contributed by atoms with Crippen molar-refractivity contribution in [3.05, 3.63) is 64.0 Å². The van der Waals surface area contributed by atoms with E-state index in [4.69, 9.17) is 0 Å². The Bertz CT molecular complexity index is 1060. The number of benzene rings is 2. The van der Waals surface area contributed by atoms with Crippen LogP contribution >= 0.6 is 22.7 Å². The van der Waals surface area contributed by atoms with Crippen molar-refractivity contribution in [3.63, 3.8) is 0 Å².